The van der Waals surface area contributed by atoms with Gasteiger partial charge in [-0.25, -0.2) is 0 Å². The molecule has 2 aromatic rings. The molecule has 0 spiro atoms. The summed E-state index contributed by atoms with van der Waals surface area (Å²) in [7, 11) is 3.07. The van der Waals surface area contributed by atoms with Gasteiger partial charge >= 0.3 is 0 Å². The molecule has 5 nitrogen and oxygen atoms in total. The van der Waals surface area contributed by atoms with Gasteiger partial charge in [0.15, 0.2) is 0 Å². The molecule has 0 aliphatic rings. The van der Waals surface area contributed by atoms with Crippen molar-refractivity contribution in [3.63, 3.8) is 0 Å². The van der Waals surface area contributed by atoms with E-state index in [0.717, 1.165) is 11.3 Å². The van der Waals surface area contributed by atoms with Crippen LogP contribution in [-0.2, 0) is 0 Å². The summed E-state index contributed by atoms with van der Waals surface area (Å²) in [4.78, 5) is 12.4. The molecule has 0 aliphatic carbocycles. The van der Waals surface area contributed by atoms with Gasteiger partial charge in [-0.15, -0.1) is 0 Å². The van der Waals surface area contributed by atoms with E-state index in [2.05, 4.69) is 11.9 Å². The Balaban J connectivity index is 2.08. The van der Waals surface area contributed by atoms with Gasteiger partial charge in [0, 0.05) is 11.8 Å². The lowest BCUT2D eigenvalue weighted by Gasteiger charge is -2.11. The highest BCUT2D eigenvalue weighted by atomic mass is 16.5. The molecule has 0 saturated heterocycles. The Bertz CT molecular complexity index is 723. The highest BCUT2D eigenvalue weighted by molar-refractivity contribution is 6.06. The fraction of sp³-hybridized carbons (Fsp3) is 0.211. The average Bonchev–Trinajstić information content (AvgIpc) is 2.60. The van der Waals surface area contributed by atoms with E-state index in [-0.39, 0.29) is 5.91 Å². The Labute approximate surface area is 141 Å². The Kier molecular flexibility index (Phi) is 5.84. The number of carbonyl (C=O) groups excluding carboxylic acids is 1. The molecule has 0 bridgehead atoms. The van der Waals surface area contributed by atoms with E-state index in [1.165, 1.54) is 7.11 Å². The second-order valence-corrected chi connectivity index (χ2v) is 5.29. The molecule has 5 heteroatoms. The van der Waals surface area contributed by atoms with Crippen molar-refractivity contribution in [1.82, 2.24) is 0 Å². The third kappa shape index (κ3) is 4.52. The smallest absolute Gasteiger partial charge is 0.259 e. The number of hydrogen-bond acceptors (Lipinski definition) is 4. The van der Waals surface area contributed by atoms with Gasteiger partial charge < -0.3 is 19.5 Å². The standard InChI is InChI=1S/C19H21NO4/c1-13(2)12-24-15-7-5-14(6-8-15)20-19(21)17-10-9-16(22-3)11-18(17)23-4/h5-11H,1,12H2,2-4H3,(H,20,21). The van der Waals surface area contributed by atoms with Gasteiger partial charge in [0.1, 0.15) is 23.9 Å². The van der Waals surface area contributed by atoms with Crippen LogP contribution in [0.1, 0.15) is 17.3 Å². The Morgan fingerprint density at radius 3 is 2.29 bits per heavy atom. The second kappa shape index (κ2) is 8.06. The lowest BCUT2D eigenvalue weighted by atomic mass is 10.1. The molecule has 0 atom stereocenters. The summed E-state index contributed by atoms with van der Waals surface area (Å²) in [5.74, 6) is 1.54. The van der Waals surface area contributed by atoms with Gasteiger partial charge in [-0.05, 0) is 48.9 Å². The number of benzene rings is 2. The zero-order chi connectivity index (χ0) is 17.5. The molecule has 0 aromatic heterocycles. The predicted molar refractivity (Wildman–Crippen MR) is 94.3 cm³/mol. The van der Waals surface area contributed by atoms with Gasteiger partial charge in [0.05, 0.1) is 19.8 Å². The first kappa shape index (κ1) is 17.4. The minimum Gasteiger partial charge on any atom is -0.497 e. The molecule has 24 heavy (non-hydrogen) atoms. The maximum absolute atomic E-state index is 12.4. The number of nitrogens with one attached hydrogen (secondary N) is 1. The lowest BCUT2D eigenvalue weighted by molar-refractivity contribution is 0.102. The van der Waals surface area contributed by atoms with E-state index in [9.17, 15) is 4.79 Å². The molecule has 126 valence electrons. The Morgan fingerprint density at radius 2 is 1.71 bits per heavy atom. The lowest BCUT2D eigenvalue weighted by Crippen LogP contribution is -2.13. The number of methoxy groups -OCH3 is 2. The second-order valence-electron chi connectivity index (χ2n) is 5.29. The fourth-order valence-electron chi connectivity index (χ4n) is 2.03. The maximum Gasteiger partial charge on any atom is 0.259 e. The first-order chi connectivity index (χ1) is 11.5. The van der Waals surface area contributed by atoms with Crippen molar-refractivity contribution < 1.29 is 19.0 Å². The number of amides is 1. The number of hydrogen-bond donors (Lipinski definition) is 1. The molecule has 0 fully saturated rings. The van der Waals surface area contributed by atoms with E-state index < -0.39 is 0 Å². The van der Waals surface area contributed by atoms with Crippen molar-refractivity contribution >= 4 is 11.6 Å². The molecule has 0 radical (unpaired) electrons. The molecule has 2 aromatic carbocycles. The van der Waals surface area contributed by atoms with Crippen molar-refractivity contribution in [2.24, 2.45) is 0 Å². The topological polar surface area (TPSA) is 56.8 Å². The first-order valence-corrected chi connectivity index (χ1v) is 7.44. The number of anilines is 1. The normalized spacial score (nSPS) is 9.96. The zero-order valence-electron chi connectivity index (χ0n) is 14.1. The number of rotatable bonds is 7. The van der Waals surface area contributed by atoms with Gasteiger partial charge in [-0.3, -0.25) is 4.79 Å². The van der Waals surface area contributed by atoms with Crippen molar-refractivity contribution in [2.75, 3.05) is 26.1 Å². The van der Waals surface area contributed by atoms with Crippen LogP contribution in [0.25, 0.3) is 0 Å². The van der Waals surface area contributed by atoms with Crippen LogP contribution in [0.3, 0.4) is 0 Å². The molecule has 2 rings (SSSR count). The molecule has 1 N–H and O–H groups in total. The van der Waals surface area contributed by atoms with Crippen LogP contribution >= 0.6 is 0 Å². The van der Waals surface area contributed by atoms with Crippen molar-refractivity contribution in [2.45, 2.75) is 6.92 Å². The van der Waals surface area contributed by atoms with Crippen molar-refractivity contribution in [3.8, 4) is 17.2 Å². The molecule has 0 heterocycles. The molecular formula is C19H21NO4. The van der Waals surface area contributed by atoms with E-state index in [1.54, 1.807) is 49.6 Å². The van der Waals surface area contributed by atoms with Crippen LogP contribution < -0.4 is 19.5 Å². The summed E-state index contributed by atoms with van der Waals surface area (Å²) in [5, 5.41) is 2.83. The summed E-state index contributed by atoms with van der Waals surface area (Å²) in [6, 6.07) is 12.2. The molecule has 0 unspecified atom stereocenters. The molecule has 0 saturated carbocycles. The third-order valence-electron chi connectivity index (χ3n) is 3.25. The Hall–Kier alpha value is -2.95. The summed E-state index contributed by atoms with van der Waals surface area (Å²) >= 11 is 0. The van der Waals surface area contributed by atoms with E-state index in [1.807, 2.05) is 6.92 Å². The quantitative estimate of drug-likeness (QED) is 0.783. The predicted octanol–water partition coefficient (Wildman–Crippen LogP) is 3.91. The van der Waals surface area contributed by atoms with Gasteiger partial charge in [0.2, 0.25) is 0 Å². The zero-order valence-corrected chi connectivity index (χ0v) is 14.1. The highest BCUT2D eigenvalue weighted by Crippen LogP contribution is 2.25. The maximum atomic E-state index is 12.4. The molecule has 1 amide bonds. The van der Waals surface area contributed by atoms with Gasteiger partial charge in [-0.1, -0.05) is 6.58 Å². The summed E-state index contributed by atoms with van der Waals surface area (Å²) < 4.78 is 15.9. The molecule has 0 aliphatic heterocycles. The van der Waals surface area contributed by atoms with Crippen LogP contribution in [-0.4, -0.2) is 26.7 Å². The van der Waals surface area contributed by atoms with Crippen LogP contribution in [0.4, 0.5) is 5.69 Å². The van der Waals surface area contributed by atoms with Gasteiger partial charge in [-0.2, -0.15) is 0 Å². The number of carbonyl (C=O) groups is 1. The minimum absolute atomic E-state index is 0.259. The molecular weight excluding hydrogens is 306 g/mol. The third-order valence-corrected chi connectivity index (χ3v) is 3.25. The van der Waals surface area contributed by atoms with Crippen LogP contribution in [0.5, 0.6) is 17.2 Å². The fourth-order valence-corrected chi connectivity index (χ4v) is 2.03. The van der Waals surface area contributed by atoms with E-state index in [0.29, 0.717) is 29.4 Å². The highest BCUT2D eigenvalue weighted by Gasteiger charge is 2.13. The summed E-state index contributed by atoms with van der Waals surface area (Å²) in [6.45, 7) is 6.15. The summed E-state index contributed by atoms with van der Waals surface area (Å²) in [5.41, 5.74) is 2.04. The minimum atomic E-state index is -0.259. The largest absolute Gasteiger partial charge is 0.497 e. The van der Waals surface area contributed by atoms with Gasteiger partial charge in [0.25, 0.3) is 5.91 Å². The van der Waals surface area contributed by atoms with Crippen LogP contribution in [0, 0.1) is 0 Å². The van der Waals surface area contributed by atoms with E-state index in [4.69, 9.17) is 14.2 Å². The first-order valence-electron chi connectivity index (χ1n) is 7.44. The average molecular weight is 327 g/mol. The van der Waals surface area contributed by atoms with Crippen LogP contribution in [0.2, 0.25) is 0 Å². The number of ether oxygens (including phenoxy) is 3. The van der Waals surface area contributed by atoms with E-state index >= 15 is 0 Å². The van der Waals surface area contributed by atoms with Crippen molar-refractivity contribution in [3.05, 3.63) is 60.2 Å². The summed E-state index contributed by atoms with van der Waals surface area (Å²) in [6.07, 6.45) is 0. The van der Waals surface area contributed by atoms with Crippen LogP contribution in [0.15, 0.2) is 54.6 Å². The monoisotopic (exact) mass is 327 g/mol. The SMILES string of the molecule is C=C(C)COc1ccc(NC(=O)c2ccc(OC)cc2OC)cc1. The van der Waals surface area contributed by atoms with Crippen molar-refractivity contribution in [1.29, 1.82) is 0 Å². The Morgan fingerprint density at radius 1 is 1.04 bits per heavy atom.